The predicted molar refractivity (Wildman–Crippen MR) is 60.2 cm³/mol. The first-order valence-corrected chi connectivity index (χ1v) is 5.95. The summed E-state index contributed by atoms with van der Waals surface area (Å²) in [7, 11) is 0. The van der Waals surface area contributed by atoms with Gasteiger partial charge in [0.2, 0.25) is 5.91 Å². The summed E-state index contributed by atoms with van der Waals surface area (Å²) < 4.78 is 0. The minimum Gasteiger partial charge on any atom is -0.480 e. The zero-order chi connectivity index (χ0) is 12.4. The summed E-state index contributed by atoms with van der Waals surface area (Å²) >= 11 is 0. The fourth-order valence-corrected chi connectivity index (χ4v) is 2.53. The smallest absolute Gasteiger partial charge is 0.326 e. The van der Waals surface area contributed by atoms with E-state index in [0.29, 0.717) is 6.42 Å². The van der Waals surface area contributed by atoms with Crippen LogP contribution in [0.2, 0.25) is 0 Å². The van der Waals surface area contributed by atoms with E-state index >= 15 is 0 Å². The highest BCUT2D eigenvalue weighted by molar-refractivity contribution is 5.84. The van der Waals surface area contributed by atoms with Crippen LogP contribution in [-0.4, -0.2) is 45.7 Å². The van der Waals surface area contributed by atoms with Crippen molar-refractivity contribution in [2.45, 2.75) is 37.8 Å². The normalized spacial score (nSPS) is 32.1. The highest BCUT2D eigenvalue weighted by Crippen LogP contribution is 2.25. The lowest BCUT2D eigenvalue weighted by Gasteiger charge is -2.22. The Morgan fingerprint density at radius 1 is 1.41 bits per heavy atom. The number of amides is 1. The second-order valence-electron chi connectivity index (χ2n) is 4.76. The number of β-amino-alcohol motifs (C(OH)–C–C–N with tert-alkyl or cyclic N) is 1. The molecule has 5 nitrogen and oxygen atoms in total. The van der Waals surface area contributed by atoms with Crippen LogP contribution in [0.15, 0.2) is 12.2 Å². The van der Waals surface area contributed by atoms with Crippen molar-refractivity contribution < 1.29 is 19.8 Å². The van der Waals surface area contributed by atoms with Crippen molar-refractivity contribution in [2.75, 3.05) is 6.54 Å². The Bertz CT molecular complexity index is 352. The molecule has 1 heterocycles. The topological polar surface area (TPSA) is 77.8 Å². The first-order chi connectivity index (χ1) is 8.08. The average Bonchev–Trinajstić information content (AvgIpc) is 2.86. The van der Waals surface area contributed by atoms with Crippen LogP contribution in [0, 0.1) is 5.92 Å². The van der Waals surface area contributed by atoms with Gasteiger partial charge in [0.15, 0.2) is 0 Å². The van der Waals surface area contributed by atoms with Gasteiger partial charge in [0, 0.05) is 19.4 Å². The largest absolute Gasteiger partial charge is 0.480 e. The summed E-state index contributed by atoms with van der Waals surface area (Å²) in [6.07, 6.45) is 5.79. The van der Waals surface area contributed by atoms with Gasteiger partial charge in [-0.3, -0.25) is 4.79 Å². The molecule has 0 spiro atoms. The molecule has 0 saturated carbocycles. The van der Waals surface area contributed by atoms with Crippen molar-refractivity contribution in [1.82, 2.24) is 4.90 Å². The minimum atomic E-state index is -1.03. The van der Waals surface area contributed by atoms with E-state index < -0.39 is 18.1 Å². The van der Waals surface area contributed by atoms with Gasteiger partial charge in [-0.1, -0.05) is 12.2 Å². The number of nitrogens with zero attached hydrogens (tertiary/aromatic N) is 1. The quantitative estimate of drug-likeness (QED) is 0.698. The van der Waals surface area contributed by atoms with Crippen LogP contribution in [0.3, 0.4) is 0 Å². The third-order valence-corrected chi connectivity index (χ3v) is 3.43. The van der Waals surface area contributed by atoms with E-state index in [1.807, 2.05) is 12.2 Å². The average molecular weight is 239 g/mol. The van der Waals surface area contributed by atoms with E-state index in [4.69, 9.17) is 5.11 Å². The second-order valence-corrected chi connectivity index (χ2v) is 4.76. The maximum Gasteiger partial charge on any atom is 0.326 e. The molecule has 0 aromatic carbocycles. The molecular weight excluding hydrogens is 222 g/mol. The molecule has 2 aliphatic rings. The van der Waals surface area contributed by atoms with Crippen LogP contribution in [0.5, 0.6) is 0 Å². The van der Waals surface area contributed by atoms with E-state index in [1.165, 1.54) is 4.90 Å². The molecule has 1 saturated heterocycles. The molecule has 1 fully saturated rings. The number of rotatable bonds is 3. The molecule has 0 bridgehead atoms. The molecule has 2 rings (SSSR count). The standard InChI is InChI=1S/C12H17NO4/c14-9-6-10(12(16)17)13(7-9)11(15)5-8-3-1-2-4-8/h1,3,8-10,14H,2,4-7H2,(H,16,17)/t8?,9-,10-/m1/s1. The maximum atomic E-state index is 12.0. The molecule has 94 valence electrons. The van der Waals surface area contributed by atoms with E-state index in [2.05, 4.69) is 0 Å². The summed E-state index contributed by atoms with van der Waals surface area (Å²) in [5.41, 5.74) is 0. The highest BCUT2D eigenvalue weighted by atomic mass is 16.4. The summed E-state index contributed by atoms with van der Waals surface area (Å²) in [4.78, 5) is 24.3. The van der Waals surface area contributed by atoms with Crippen molar-refractivity contribution in [3.05, 3.63) is 12.2 Å². The Labute approximate surface area is 99.7 Å². The predicted octanol–water partition coefficient (Wildman–Crippen LogP) is 0.389. The molecule has 17 heavy (non-hydrogen) atoms. The number of likely N-dealkylation sites (tertiary alicyclic amines) is 1. The van der Waals surface area contributed by atoms with E-state index in [1.54, 1.807) is 0 Å². The molecule has 1 amide bonds. The number of hydrogen-bond donors (Lipinski definition) is 2. The van der Waals surface area contributed by atoms with E-state index in [-0.39, 0.29) is 24.8 Å². The number of aliphatic hydroxyl groups excluding tert-OH is 1. The maximum absolute atomic E-state index is 12.0. The van der Waals surface area contributed by atoms with Crippen molar-refractivity contribution in [2.24, 2.45) is 5.92 Å². The first kappa shape index (κ1) is 12.1. The fourth-order valence-electron chi connectivity index (χ4n) is 2.53. The van der Waals surface area contributed by atoms with Crippen LogP contribution in [0.4, 0.5) is 0 Å². The number of carboxylic acids is 1. The van der Waals surface area contributed by atoms with Gasteiger partial charge in [-0.25, -0.2) is 4.79 Å². The SMILES string of the molecule is O=C(O)[C@H]1C[C@@H](O)CN1C(=O)CC1C=CCC1. The van der Waals surface area contributed by atoms with Gasteiger partial charge in [0.05, 0.1) is 6.10 Å². The van der Waals surface area contributed by atoms with E-state index in [9.17, 15) is 14.7 Å². The third-order valence-electron chi connectivity index (χ3n) is 3.43. The zero-order valence-electron chi connectivity index (χ0n) is 9.58. The molecule has 3 atom stereocenters. The summed E-state index contributed by atoms with van der Waals surface area (Å²) in [6.45, 7) is 0.145. The van der Waals surface area contributed by atoms with Crippen LogP contribution in [0.25, 0.3) is 0 Å². The number of hydrogen-bond acceptors (Lipinski definition) is 3. The van der Waals surface area contributed by atoms with Gasteiger partial charge in [0.25, 0.3) is 0 Å². The van der Waals surface area contributed by atoms with E-state index in [0.717, 1.165) is 12.8 Å². The summed E-state index contributed by atoms with van der Waals surface area (Å²) in [5.74, 6) is -0.961. The molecular formula is C12H17NO4. The van der Waals surface area contributed by atoms with Crippen LogP contribution >= 0.6 is 0 Å². The molecule has 5 heteroatoms. The minimum absolute atomic E-state index is 0.140. The lowest BCUT2D eigenvalue weighted by atomic mass is 10.0. The molecule has 1 unspecified atom stereocenters. The number of carbonyl (C=O) groups is 2. The molecule has 0 radical (unpaired) electrons. The Kier molecular flexibility index (Phi) is 3.47. The second kappa shape index (κ2) is 4.87. The monoisotopic (exact) mass is 239 g/mol. The number of carbonyl (C=O) groups excluding carboxylic acids is 1. The number of aliphatic hydroxyl groups is 1. The summed E-state index contributed by atoms with van der Waals surface area (Å²) in [6, 6.07) is -0.858. The Morgan fingerprint density at radius 3 is 2.76 bits per heavy atom. The summed E-state index contributed by atoms with van der Waals surface area (Å²) in [5, 5.41) is 18.4. The number of carboxylic acid groups (broad SMARTS) is 1. The lowest BCUT2D eigenvalue weighted by molar-refractivity contribution is -0.148. The highest BCUT2D eigenvalue weighted by Gasteiger charge is 2.39. The molecule has 1 aliphatic carbocycles. The first-order valence-electron chi connectivity index (χ1n) is 5.95. The van der Waals surface area contributed by atoms with Gasteiger partial charge in [0.1, 0.15) is 6.04 Å². The van der Waals surface area contributed by atoms with Crippen molar-refractivity contribution in [3.63, 3.8) is 0 Å². The zero-order valence-corrected chi connectivity index (χ0v) is 9.58. The number of aliphatic carboxylic acids is 1. The van der Waals surface area contributed by atoms with Crippen LogP contribution in [0.1, 0.15) is 25.7 Å². The van der Waals surface area contributed by atoms with Gasteiger partial charge in [-0.15, -0.1) is 0 Å². The number of allylic oxidation sites excluding steroid dienone is 2. The van der Waals surface area contributed by atoms with Gasteiger partial charge >= 0.3 is 5.97 Å². The van der Waals surface area contributed by atoms with Crippen molar-refractivity contribution in [3.8, 4) is 0 Å². The van der Waals surface area contributed by atoms with Gasteiger partial charge in [-0.2, -0.15) is 0 Å². The molecule has 0 aromatic heterocycles. The van der Waals surface area contributed by atoms with Gasteiger partial charge < -0.3 is 15.1 Å². The lowest BCUT2D eigenvalue weighted by Crippen LogP contribution is -2.41. The van der Waals surface area contributed by atoms with Crippen LogP contribution in [-0.2, 0) is 9.59 Å². The molecule has 2 N–H and O–H groups in total. The van der Waals surface area contributed by atoms with Crippen molar-refractivity contribution >= 4 is 11.9 Å². The Balaban J connectivity index is 1.97. The molecule has 0 aromatic rings. The van der Waals surface area contributed by atoms with Gasteiger partial charge in [-0.05, 0) is 18.8 Å². The fraction of sp³-hybridized carbons (Fsp3) is 0.667. The third kappa shape index (κ3) is 2.66. The Morgan fingerprint density at radius 2 is 2.18 bits per heavy atom. The molecule has 1 aliphatic heterocycles. The Hall–Kier alpha value is -1.36. The van der Waals surface area contributed by atoms with Crippen LogP contribution < -0.4 is 0 Å². The van der Waals surface area contributed by atoms with Crippen molar-refractivity contribution in [1.29, 1.82) is 0 Å².